The third kappa shape index (κ3) is 2.92. The lowest BCUT2D eigenvalue weighted by molar-refractivity contribution is -0.142. The van der Waals surface area contributed by atoms with Crippen molar-refractivity contribution in [3.8, 4) is 0 Å². The Morgan fingerprint density at radius 3 is 2.27 bits per heavy atom. The Morgan fingerprint density at radius 1 is 1.33 bits per heavy atom. The molecule has 4 heteroatoms. The Balaban J connectivity index is 2.77. The van der Waals surface area contributed by atoms with Gasteiger partial charge in [0.15, 0.2) is 0 Å². The van der Waals surface area contributed by atoms with Crippen LogP contribution in [0.2, 0.25) is 0 Å². The minimum Gasteiger partial charge on any atom is -0.481 e. The van der Waals surface area contributed by atoms with Gasteiger partial charge in [0, 0.05) is 18.8 Å². The number of carboxylic acids is 1. The minimum absolute atomic E-state index is 0.173. The van der Waals surface area contributed by atoms with E-state index < -0.39 is 5.97 Å². The minimum atomic E-state index is -0.705. The van der Waals surface area contributed by atoms with Gasteiger partial charge >= 0.3 is 5.97 Å². The van der Waals surface area contributed by atoms with Crippen LogP contribution < -0.4 is 0 Å². The van der Waals surface area contributed by atoms with Crippen LogP contribution in [0.4, 0.5) is 0 Å². The van der Waals surface area contributed by atoms with E-state index in [-0.39, 0.29) is 12.0 Å². The van der Waals surface area contributed by atoms with Crippen molar-refractivity contribution in [3.05, 3.63) is 0 Å². The fourth-order valence-corrected chi connectivity index (χ4v) is 2.53. The molecule has 0 amide bonds. The van der Waals surface area contributed by atoms with Gasteiger partial charge in [-0.2, -0.15) is 0 Å². The number of hydrogen-bond acceptors (Lipinski definition) is 3. The molecule has 0 aliphatic carbocycles. The average Bonchev–Trinajstić information content (AvgIpc) is 2.19. The summed E-state index contributed by atoms with van der Waals surface area (Å²) in [5.74, 6) is -0.705. The van der Waals surface area contributed by atoms with Gasteiger partial charge in [-0.25, -0.2) is 0 Å². The molecule has 0 radical (unpaired) electrons. The van der Waals surface area contributed by atoms with Crippen LogP contribution >= 0.6 is 0 Å². The maximum Gasteiger partial charge on any atom is 0.305 e. The van der Waals surface area contributed by atoms with Crippen LogP contribution in [0.1, 0.15) is 33.1 Å². The van der Waals surface area contributed by atoms with Crippen LogP contribution in [0, 0.1) is 0 Å². The Morgan fingerprint density at radius 2 is 1.87 bits per heavy atom. The molecular formula is C11H21NO3. The van der Waals surface area contributed by atoms with E-state index in [2.05, 4.69) is 18.7 Å². The zero-order valence-electron chi connectivity index (χ0n) is 9.66. The number of hydrogen-bond donors (Lipinski definition) is 1. The largest absolute Gasteiger partial charge is 0.481 e. The number of aliphatic carboxylic acids is 1. The number of ether oxygens (including phenoxy) is 1. The van der Waals surface area contributed by atoms with E-state index in [1.165, 1.54) is 0 Å². The molecule has 1 saturated heterocycles. The highest BCUT2D eigenvalue weighted by Crippen LogP contribution is 2.31. The molecule has 0 atom stereocenters. The summed E-state index contributed by atoms with van der Waals surface area (Å²) in [6.45, 7) is 7.35. The molecule has 0 bridgehead atoms. The Hall–Kier alpha value is -0.610. The SMILES string of the molecule is CCN(CC)C1(CC(=O)O)CCOCC1. The van der Waals surface area contributed by atoms with Crippen LogP contribution in [-0.4, -0.2) is 47.8 Å². The second-order valence-corrected chi connectivity index (χ2v) is 4.08. The Labute approximate surface area is 91.2 Å². The van der Waals surface area contributed by atoms with Gasteiger partial charge in [0.25, 0.3) is 0 Å². The molecule has 1 fully saturated rings. The summed E-state index contributed by atoms with van der Waals surface area (Å²) in [6, 6.07) is 0. The molecule has 0 spiro atoms. The molecule has 1 heterocycles. The smallest absolute Gasteiger partial charge is 0.305 e. The van der Waals surface area contributed by atoms with Crippen LogP contribution in [0.3, 0.4) is 0 Å². The highest BCUT2D eigenvalue weighted by atomic mass is 16.5. The van der Waals surface area contributed by atoms with Crippen molar-refractivity contribution in [2.45, 2.75) is 38.6 Å². The normalized spacial score (nSPS) is 20.5. The molecule has 1 aliphatic rings. The monoisotopic (exact) mass is 215 g/mol. The number of carboxylic acid groups (broad SMARTS) is 1. The van der Waals surface area contributed by atoms with Crippen molar-refractivity contribution < 1.29 is 14.6 Å². The summed E-state index contributed by atoms with van der Waals surface area (Å²) in [6.07, 6.45) is 1.90. The molecule has 0 unspecified atom stereocenters. The van der Waals surface area contributed by atoms with Crippen molar-refractivity contribution in [2.75, 3.05) is 26.3 Å². The summed E-state index contributed by atoms with van der Waals surface area (Å²) in [4.78, 5) is 13.2. The van der Waals surface area contributed by atoms with Crippen LogP contribution in [-0.2, 0) is 9.53 Å². The Kier molecular flexibility index (Phi) is 4.54. The van der Waals surface area contributed by atoms with Crippen molar-refractivity contribution in [3.63, 3.8) is 0 Å². The third-order valence-electron chi connectivity index (χ3n) is 3.34. The van der Waals surface area contributed by atoms with E-state index in [0.29, 0.717) is 13.2 Å². The molecule has 1 aliphatic heterocycles. The zero-order chi connectivity index (χ0) is 11.3. The quantitative estimate of drug-likeness (QED) is 0.752. The summed E-state index contributed by atoms with van der Waals surface area (Å²) in [5, 5.41) is 9.00. The second-order valence-electron chi connectivity index (χ2n) is 4.08. The van der Waals surface area contributed by atoms with Gasteiger partial charge in [-0.05, 0) is 25.9 Å². The number of nitrogens with zero attached hydrogens (tertiary/aromatic N) is 1. The third-order valence-corrected chi connectivity index (χ3v) is 3.34. The van der Waals surface area contributed by atoms with Gasteiger partial charge in [0.05, 0.1) is 6.42 Å². The van der Waals surface area contributed by atoms with Gasteiger partial charge < -0.3 is 9.84 Å². The van der Waals surface area contributed by atoms with E-state index >= 15 is 0 Å². The lowest BCUT2D eigenvalue weighted by atomic mass is 9.84. The first kappa shape index (κ1) is 12.5. The molecule has 1 rings (SSSR count). The van der Waals surface area contributed by atoms with Gasteiger partial charge in [-0.15, -0.1) is 0 Å². The molecular weight excluding hydrogens is 194 g/mol. The summed E-state index contributed by atoms with van der Waals surface area (Å²) < 4.78 is 5.33. The lowest BCUT2D eigenvalue weighted by Crippen LogP contribution is -2.53. The van der Waals surface area contributed by atoms with E-state index in [4.69, 9.17) is 9.84 Å². The second kappa shape index (κ2) is 5.47. The highest BCUT2D eigenvalue weighted by molar-refractivity contribution is 5.68. The summed E-state index contributed by atoms with van der Waals surface area (Å²) in [5.41, 5.74) is -0.173. The van der Waals surface area contributed by atoms with Crippen LogP contribution in [0.5, 0.6) is 0 Å². The maximum absolute atomic E-state index is 10.9. The van der Waals surface area contributed by atoms with Gasteiger partial charge in [-0.3, -0.25) is 9.69 Å². The first-order valence-electron chi connectivity index (χ1n) is 5.69. The fourth-order valence-electron chi connectivity index (χ4n) is 2.53. The highest BCUT2D eigenvalue weighted by Gasteiger charge is 2.38. The first-order chi connectivity index (χ1) is 7.14. The standard InChI is InChI=1S/C11H21NO3/c1-3-12(4-2)11(9-10(13)14)5-7-15-8-6-11/h3-9H2,1-2H3,(H,13,14). The molecule has 0 aromatic heterocycles. The zero-order valence-corrected chi connectivity index (χ0v) is 9.66. The average molecular weight is 215 g/mol. The molecule has 1 N–H and O–H groups in total. The van der Waals surface area contributed by atoms with Gasteiger partial charge in [0.2, 0.25) is 0 Å². The van der Waals surface area contributed by atoms with Crippen molar-refractivity contribution in [1.82, 2.24) is 4.90 Å². The Bertz CT molecular complexity index is 208. The van der Waals surface area contributed by atoms with E-state index in [1.807, 2.05) is 0 Å². The predicted octanol–water partition coefficient (Wildman–Crippen LogP) is 1.35. The summed E-state index contributed by atoms with van der Waals surface area (Å²) in [7, 11) is 0. The predicted molar refractivity (Wildman–Crippen MR) is 58.0 cm³/mol. The molecule has 88 valence electrons. The molecule has 4 nitrogen and oxygen atoms in total. The molecule has 0 aromatic carbocycles. The molecule has 0 aromatic rings. The van der Waals surface area contributed by atoms with Gasteiger partial charge in [0.1, 0.15) is 0 Å². The molecule has 0 saturated carbocycles. The first-order valence-corrected chi connectivity index (χ1v) is 5.69. The van der Waals surface area contributed by atoms with Crippen molar-refractivity contribution in [1.29, 1.82) is 0 Å². The van der Waals surface area contributed by atoms with E-state index in [1.54, 1.807) is 0 Å². The number of carbonyl (C=O) groups is 1. The van der Waals surface area contributed by atoms with Crippen molar-refractivity contribution in [2.24, 2.45) is 0 Å². The molecule has 15 heavy (non-hydrogen) atoms. The lowest BCUT2D eigenvalue weighted by Gasteiger charge is -2.44. The van der Waals surface area contributed by atoms with Gasteiger partial charge in [-0.1, -0.05) is 13.8 Å². The summed E-state index contributed by atoms with van der Waals surface area (Å²) >= 11 is 0. The van der Waals surface area contributed by atoms with Crippen LogP contribution in [0.15, 0.2) is 0 Å². The van der Waals surface area contributed by atoms with Crippen molar-refractivity contribution >= 4 is 5.97 Å². The fraction of sp³-hybridized carbons (Fsp3) is 0.909. The van der Waals surface area contributed by atoms with E-state index in [0.717, 1.165) is 25.9 Å². The van der Waals surface area contributed by atoms with E-state index in [9.17, 15) is 4.79 Å². The maximum atomic E-state index is 10.9. The topological polar surface area (TPSA) is 49.8 Å². The number of rotatable bonds is 5. The van der Waals surface area contributed by atoms with Crippen LogP contribution in [0.25, 0.3) is 0 Å².